The Kier molecular flexibility index (Phi) is 8.18. The van der Waals surface area contributed by atoms with Gasteiger partial charge in [-0.05, 0) is 43.3 Å². The van der Waals surface area contributed by atoms with Crippen LogP contribution in [0.5, 0.6) is 11.5 Å². The van der Waals surface area contributed by atoms with Crippen molar-refractivity contribution in [2.24, 2.45) is 0 Å². The quantitative estimate of drug-likeness (QED) is 0.465. The summed E-state index contributed by atoms with van der Waals surface area (Å²) < 4.78 is 25.5. The molecule has 0 saturated heterocycles. The van der Waals surface area contributed by atoms with Crippen LogP contribution >= 0.6 is 0 Å². The van der Waals surface area contributed by atoms with Gasteiger partial charge in [0.15, 0.2) is 0 Å². The fourth-order valence-electron chi connectivity index (χ4n) is 3.39. The van der Waals surface area contributed by atoms with Gasteiger partial charge in [0.05, 0.1) is 31.3 Å². The summed E-state index contributed by atoms with van der Waals surface area (Å²) >= 11 is 0. The van der Waals surface area contributed by atoms with Crippen molar-refractivity contribution in [3.8, 4) is 17.2 Å². The second kappa shape index (κ2) is 11.1. The topological polar surface area (TPSA) is 97.7 Å². The summed E-state index contributed by atoms with van der Waals surface area (Å²) in [6, 6.07) is 12.2. The molecule has 36 heavy (non-hydrogen) atoms. The number of ether oxygens (including phenoxy) is 2. The predicted octanol–water partition coefficient (Wildman–Crippen LogP) is 4.82. The van der Waals surface area contributed by atoms with E-state index in [2.05, 4.69) is 15.7 Å². The van der Waals surface area contributed by atoms with Gasteiger partial charge in [0, 0.05) is 24.1 Å². The van der Waals surface area contributed by atoms with Crippen molar-refractivity contribution in [1.29, 1.82) is 0 Å². The van der Waals surface area contributed by atoms with E-state index in [-0.39, 0.29) is 17.8 Å². The van der Waals surface area contributed by atoms with Gasteiger partial charge in [0.1, 0.15) is 29.7 Å². The Morgan fingerprint density at radius 2 is 1.72 bits per heavy atom. The van der Waals surface area contributed by atoms with Gasteiger partial charge in [-0.1, -0.05) is 20.8 Å². The first kappa shape index (κ1) is 26.5. The highest BCUT2D eigenvalue weighted by molar-refractivity contribution is 5.97. The second-order valence-electron chi connectivity index (χ2n) is 9.11. The standard InChI is InChI=1S/C26H32FN5O4/c1-7-31(25(34)28-20-13-12-19(35-5)14-21(20)36-6)16-24(33)29-23-15-22(26(2,3)4)30-32(23)18-10-8-17(27)9-11-18/h8-15H,7,16H2,1-6H3,(H,28,34)(H,29,33). The summed E-state index contributed by atoms with van der Waals surface area (Å²) in [6.45, 7) is 7.90. The van der Waals surface area contributed by atoms with Crippen molar-refractivity contribution < 1.29 is 23.5 Å². The number of carbonyl (C=O) groups excluding carboxylic acids is 2. The lowest BCUT2D eigenvalue weighted by atomic mass is 9.92. The third-order valence-corrected chi connectivity index (χ3v) is 5.47. The van der Waals surface area contributed by atoms with Crippen LogP contribution in [0.2, 0.25) is 0 Å². The number of halogens is 1. The number of carbonyl (C=O) groups is 2. The zero-order valence-corrected chi connectivity index (χ0v) is 21.4. The zero-order valence-electron chi connectivity index (χ0n) is 21.4. The zero-order chi connectivity index (χ0) is 26.5. The first-order valence-corrected chi connectivity index (χ1v) is 11.5. The van der Waals surface area contributed by atoms with Crippen molar-refractivity contribution in [2.45, 2.75) is 33.1 Å². The number of nitrogens with zero attached hydrogens (tertiary/aromatic N) is 3. The second-order valence-corrected chi connectivity index (χ2v) is 9.11. The fourth-order valence-corrected chi connectivity index (χ4v) is 3.39. The van der Waals surface area contributed by atoms with Gasteiger partial charge >= 0.3 is 6.03 Å². The number of nitrogens with one attached hydrogen (secondary N) is 2. The van der Waals surface area contributed by atoms with Gasteiger partial charge in [-0.15, -0.1) is 0 Å². The Morgan fingerprint density at radius 3 is 2.31 bits per heavy atom. The summed E-state index contributed by atoms with van der Waals surface area (Å²) in [6.07, 6.45) is 0. The first-order valence-electron chi connectivity index (χ1n) is 11.5. The molecule has 0 aliphatic rings. The highest BCUT2D eigenvalue weighted by Crippen LogP contribution is 2.29. The van der Waals surface area contributed by atoms with Crippen molar-refractivity contribution in [3.05, 3.63) is 60.0 Å². The number of aromatic nitrogens is 2. The molecule has 10 heteroatoms. The molecule has 0 atom stereocenters. The predicted molar refractivity (Wildman–Crippen MR) is 137 cm³/mol. The molecule has 0 aliphatic heterocycles. The Bertz CT molecular complexity index is 1220. The lowest BCUT2D eigenvalue weighted by Gasteiger charge is -2.22. The van der Waals surface area contributed by atoms with Gasteiger partial charge < -0.3 is 25.0 Å². The number of methoxy groups -OCH3 is 2. The smallest absolute Gasteiger partial charge is 0.322 e. The minimum atomic E-state index is -0.460. The molecule has 3 rings (SSSR count). The third kappa shape index (κ3) is 6.32. The van der Waals surface area contributed by atoms with Gasteiger partial charge in [-0.3, -0.25) is 4.79 Å². The number of benzene rings is 2. The average molecular weight is 498 g/mol. The van der Waals surface area contributed by atoms with Crippen molar-refractivity contribution in [1.82, 2.24) is 14.7 Å². The molecule has 0 aliphatic carbocycles. The summed E-state index contributed by atoms with van der Waals surface area (Å²) in [5.74, 6) is 0.665. The number of likely N-dealkylation sites (N-methyl/N-ethyl adjacent to an activating group) is 1. The number of rotatable bonds is 8. The SMILES string of the molecule is CCN(CC(=O)Nc1cc(C(C)(C)C)nn1-c1ccc(F)cc1)C(=O)Nc1ccc(OC)cc1OC. The molecular formula is C26H32FN5O4. The number of hydrogen-bond donors (Lipinski definition) is 2. The molecular weight excluding hydrogens is 465 g/mol. The van der Waals surface area contributed by atoms with Crippen LogP contribution in [0.15, 0.2) is 48.5 Å². The Labute approximate surface area is 210 Å². The summed E-state index contributed by atoms with van der Waals surface area (Å²) in [4.78, 5) is 27.2. The van der Waals surface area contributed by atoms with Crippen LogP contribution in [0.4, 0.5) is 20.7 Å². The van der Waals surface area contributed by atoms with E-state index in [0.717, 1.165) is 5.69 Å². The van der Waals surface area contributed by atoms with Gasteiger partial charge in [-0.25, -0.2) is 13.9 Å². The van der Waals surface area contributed by atoms with Gasteiger partial charge in [0.2, 0.25) is 5.91 Å². The van der Waals surface area contributed by atoms with E-state index in [1.807, 2.05) is 20.8 Å². The van der Waals surface area contributed by atoms with Crippen LogP contribution < -0.4 is 20.1 Å². The number of amides is 3. The molecule has 0 saturated carbocycles. The molecule has 0 radical (unpaired) electrons. The Balaban J connectivity index is 1.77. The molecule has 1 aromatic heterocycles. The van der Waals surface area contributed by atoms with Crippen LogP contribution in [-0.4, -0.2) is 53.9 Å². The van der Waals surface area contributed by atoms with E-state index in [0.29, 0.717) is 35.2 Å². The van der Waals surface area contributed by atoms with Crippen LogP contribution in [0, 0.1) is 5.82 Å². The monoisotopic (exact) mass is 497 g/mol. The Morgan fingerprint density at radius 1 is 1.03 bits per heavy atom. The molecule has 9 nitrogen and oxygen atoms in total. The maximum absolute atomic E-state index is 13.5. The summed E-state index contributed by atoms with van der Waals surface area (Å²) in [5, 5.41) is 10.2. The van der Waals surface area contributed by atoms with E-state index >= 15 is 0 Å². The molecule has 3 aromatic rings. The highest BCUT2D eigenvalue weighted by atomic mass is 19.1. The molecule has 2 aromatic carbocycles. The average Bonchev–Trinajstić information content (AvgIpc) is 3.27. The summed E-state index contributed by atoms with van der Waals surface area (Å²) in [7, 11) is 3.03. The van der Waals surface area contributed by atoms with Crippen molar-refractivity contribution in [2.75, 3.05) is 37.9 Å². The summed E-state index contributed by atoms with van der Waals surface area (Å²) in [5.41, 5.74) is 1.52. The third-order valence-electron chi connectivity index (χ3n) is 5.47. The van der Waals surface area contributed by atoms with E-state index in [1.165, 1.54) is 31.3 Å². The lowest BCUT2D eigenvalue weighted by molar-refractivity contribution is -0.116. The minimum absolute atomic E-state index is 0.194. The first-order chi connectivity index (χ1) is 17.0. The normalized spacial score (nSPS) is 11.1. The molecule has 0 bridgehead atoms. The van der Waals surface area contributed by atoms with Gasteiger partial charge in [0.25, 0.3) is 0 Å². The molecule has 1 heterocycles. The van der Waals surface area contributed by atoms with Crippen molar-refractivity contribution >= 4 is 23.4 Å². The largest absolute Gasteiger partial charge is 0.497 e. The van der Waals surface area contributed by atoms with E-state index in [1.54, 1.807) is 48.0 Å². The van der Waals surface area contributed by atoms with Crippen molar-refractivity contribution in [3.63, 3.8) is 0 Å². The maximum atomic E-state index is 13.5. The Hall–Kier alpha value is -4.08. The number of anilines is 2. The molecule has 192 valence electrons. The minimum Gasteiger partial charge on any atom is -0.497 e. The van der Waals surface area contributed by atoms with E-state index in [4.69, 9.17) is 9.47 Å². The molecule has 0 spiro atoms. The number of hydrogen-bond acceptors (Lipinski definition) is 5. The number of urea groups is 1. The fraction of sp³-hybridized carbons (Fsp3) is 0.346. The van der Waals surface area contributed by atoms with Gasteiger partial charge in [-0.2, -0.15) is 5.10 Å². The molecule has 0 unspecified atom stereocenters. The highest BCUT2D eigenvalue weighted by Gasteiger charge is 2.23. The van der Waals surface area contributed by atoms with E-state index in [9.17, 15) is 14.0 Å². The van der Waals surface area contributed by atoms with Crippen LogP contribution in [0.3, 0.4) is 0 Å². The van der Waals surface area contributed by atoms with Crippen LogP contribution in [-0.2, 0) is 10.2 Å². The molecule has 2 N–H and O–H groups in total. The lowest BCUT2D eigenvalue weighted by Crippen LogP contribution is -2.40. The van der Waals surface area contributed by atoms with Crippen LogP contribution in [0.1, 0.15) is 33.4 Å². The maximum Gasteiger partial charge on any atom is 0.322 e. The molecule has 0 fully saturated rings. The van der Waals surface area contributed by atoms with E-state index < -0.39 is 11.9 Å². The molecule has 3 amide bonds. The van der Waals surface area contributed by atoms with Crippen LogP contribution in [0.25, 0.3) is 5.69 Å².